The summed E-state index contributed by atoms with van der Waals surface area (Å²) in [4.78, 5) is 10.5. The van der Waals surface area contributed by atoms with Crippen molar-refractivity contribution in [1.82, 2.24) is 9.97 Å². The van der Waals surface area contributed by atoms with Gasteiger partial charge in [0, 0.05) is 19.3 Å². The molecule has 0 spiro atoms. The van der Waals surface area contributed by atoms with E-state index in [9.17, 15) is 4.39 Å². The molecule has 1 aromatic carbocycles. The topological polar surface area (TPSA) is 41.1 Å². The quantitative estimate of drug-likeness (QED) is 0.900. The van der Waals surface area contributed by atoms with Crippen molar-refractivity contribution in [3.8, 4) is 0 Å². The summed E-state index contributed by atoms with van der Waals surface area (Å²) in [6.45, 7) is 2.74. The molecule has 1 aromatic heterocycles. The van der Waals surface area contributed by atoms with Gasteiger partial charge in [-0.2, -0.15) is 0 Å². The fourth-order valence-corrected chi connectivity index (χ4v) is 1.70. The van der Waals surface area contributed by atoms with E-state index in [1.54, 1.807) is 31.6 Å². The molecule has 0 unspecified atom stereocenters. The van der Waals surface area contributed by atoms with E-state index in [1.807, 2.05) is 11.8 Å². The Morgan fingerprint density at radius 3 is 2.56 bits per heavy atom. The average molecular weight is 246 g/mol. The summed E-state index contributed by atoms with van der Waals surface area (Å²) >= 11 is 0. The zero-order chi connectivity index (χ0) is 13.0. The van der Waals surface area contributed by atoms with Crippen LogP contribution in [0, 0.1) is 5.82 Å². The zero-order valence-corrected chi connectivity index (χ0v) is 10.4. The molecular weight excluding hydrogens is 231 g/mol. The summed E-state index contributed by atoms with van der Waals surface area (Å²) in [5.41, 5.74) is 0.890. The number of halogens is 1. The smallest absolute Gasteiger partial charge is 0.153 e. The molecule has 2 aromatic rings. The molecular formula is C13H15FN4. The number of nitrogens with one attached hydrogen (secondary N) is 1. The Hall–Kier alpha value is -2.17. The summed E-state index contributed by atoms with van der Waals surface area (Å²) < 4.78 is 12.9. The van der Waals surface area contributed by atoms with Crippen LogP contribution in [0.25, 0.3) is 0 Å². The van der Waals surface area contributed by atoms with Crippen molar-refractivity contribution in [2.45, 2.75) is 6.92 Å². The van der Waals surface area contributed by atoms with Crippen LogP contribution >= 0.6 is 0 Å². The molecule has 0 atom stereocenters. The van der Waals surface area contributed by atoms with E-state index >= 15 is 0 Å². The maximum absolute atomic E-state index is 12.9. The van der Waals surface area contributed by atoms with Crippen LogP contribution in [0.2, 0.25) is 0 Å². The molecule has 4 nitrogen and oxygen atoms in total. The van der Waals surface area contributed by atoms with Crippen LogP contribution in [0.1, 0.15) is 6.92 Å². The summed E-state index contributed by atoms with van der Waals surface area (Å²) in [6, 6.07) is 6.33. The first-order valence-electron chi connectivity index (χ1n) is 5.77. The lowest BCUT2D eigenvalue weighted by atomic mass is 10.3. The molecule has 0 bridgehead atoms. The van der Waals surface area contributed by atoms with E-state index in [4.69, 9.17) is 0 Å². The highest BCUT2D eigenvalue weighted by Gasteiger charge is 2.09. The third-order valence-corrected chi connectivity index (χ3v) is 2.61. The Bertz CT molecular complexity index is 513. The molecule has 0 fully saturated rings. The second kappa shape index (κ2) is 5.44. The number of anilines is 3. The van der Waals surface area contributed by atoms with Crippen molar-refractivity contribution < 1.29 is 4.39 Å². The Morgan fingerprint density at radius 2 is 1.94 bits per heavy atom. The van der Waals surface area contributed by atoms with E-state index in [1.165, 1.54) is 12.1 Å². The highest BCUT2D eigenvalue weighted by Crippen LogP contribution is 2.23. The van der Waals surface area contributed by atoms with Gasteiger partial charge < -0.3 is 10.2 Å². The molecule has 2 rings (SSSR count). The number of rotatable bonds is 4. The van der Waals surface area contributed by atoms with E-state index in [0.29, 0.717) is 5.82 Å². The fourth-order valence-electron chi connectivity index (χ4n) is 1.70. The molecule has 1 N–H and O–H groups in total. The molecule has 0 amide bonds. The predicted molar refractivity (Wildman–Crippen MR) is 70.7 cm³/mol. The monoisotopic (exact) mass is 246 g/mol. The molecule has 0 radical (unpaired) electrons. The summed E-state index contributed by atoms with van der Waals surface area (Å²) in [5, 5.41) is 2.95. The lowest BCUT2D eigenvalue weighted by Crippen LogP contribution is -2.18. The van der Waals surface area contributed by atoms with Crippen LogP contribution in [-0.2, 0) is 0 Å². The van der Waals surface area contributed by atoms with Gasteiger partial charge in [0.1, 0.15) is 11.6 Å². The molecule has 0 aliphatic carbocycles. The third kappa shape index (κ3) is 2.56. The van der Waals surface area contributed by atoms with Crippen LogP contribution in [0.3, 0.4) is 0 Å². The van der Waals surface area contributed by atoms with Crippen LogP contribution in [-0.4, -0.2) is 23.6 Å². The van der Waals surface area contributed by atoms with E-state index < -0.39 is 0 Å². The lowest BCUT2D eigenvalue weighted by molar-refractivity contribution is 0.628. The van der Waals surface area contributed by atoms with Gasteiger partial charge in [0.15, 0.2) is 5.82 Å². The highest BCUT2D eigenvalue weighted by molar-refractivity contribution is 5.60. The van der Waals surface area contributed by atoms with Crippen LogP contribution in [0.4, 0.5) is 21.7 Å². The molecule has 0 aliphatic heterocycles. The second-order valence-electron chi connectivity index (χ2n) is 3.73. The number of benzene rings is 1. The first-order valence-corrected chi connectivity index (χ1v) is 5.77. The Kier molecular flexibility index (Phi) is 3.72. The largest absolute Gasteiger partial charge is 0.372 e. The highest BCUT2D eigenvalue weighted by atomic mass is 19.1. The van der Waals surface area contributed by atoms with E-state index in [-0.39, 0.29) is 5.82 Å². The minimum Gasteiger partial charge on any atom is -0.372 e. The second-order valence-corrected chi connectivity index (χ2v) is 3.73. The Labute approximate surface area is 105 Å². The van der Waals surface area contributed by atoms with Gasteiger partial charge >= 0.3 is 0 Å². The van der Waals surface area contributed by atoms with Gasteiger partial charge in [-0.15, -0.1) is 0 Å². The van der Waals surface area contributed by atoms with Gasteiger partial charge in [0.2, 0.25) is 0 Å². The molecule has 0 saturated heterocycles. The van der Waals surface area contributed by atoms with Crippen molar-refractivity contribution in [2.24, 2.45) is 0 Å². The molecule has 94 valence electrons. The standard InChI is InChI=1S/C13H15FN4/c1-3-18(11-6-4-10(14)5-7-11)13-9-16-8-12(15-2)17-13/h4-9H,3H2,1-2H3,(H,15,17). The van der Waals surface area contributed by atoms with Crippen LogP contribution < -0.4 is 10.2 Å². The number of hydrogen-bond acceptors (Lipinski definition) is 4. The molecule has 1 heterocycles. The summed E-state index contributed by atoms with van der Waals surface area (Å²) in [7, 11) is 1.79. The van der Waals surface area contributed by atoms with Crippen molar-refractivity contribution in [3.63, 3.8) is 0 Å². The average Bonchev–Trinajstić information content (AvgIpc) is 2.42. The van der Waals surface area contributed by atoms with Gasteiger partial charge in [0.05, 0.1) is 12.4 Å². The van der Waals surface area contributed by atoms with E-state index in [2.05, 4.69) is 15.3 Å². The first-order chi connectivity index (χ1) is 8.74. The summed E-state index contributed by atoms with van der Waals surface area (Å²) in [5.74, 6) is 1.19. The Balaban J connectivity index is 2.35. The predicted octanol–water partition coefficient (Wildman–Crippen LogP) is 2.82. The van der Waals surface area contributed by atoms with Gasteiger partial charge in [-0.1, -0.05) is 0 Å². The molecule has 0 saturated carbocycles. The maximum Gasteiger partial charge on any atom is 0.153 e. The molecule has 5 heteroatoms. The zero-order valence-electron chi connectivity index (χ0n) is 10.4. The third-order valence-electron chi connectivity index (χ3n) is 2.61. The van der Waals surface area contributed by atoms with Crippen LogP contribution in [0.5, 0.6) is 0 Å². The minimum atomic E-state index is -0.245. The van der Waals surface area contributed by atoms with Gasteiger partial charge in [-0.05, 0) is 31.2 Å². The normalized spacial score (nSPS) is 10.2. The first kappa shape index (κ1) is 12.3. The summed E-state index contributed by atoms with van der Waals surface area (Å²) in [6.07, 6.45) is 3.34. The fraction of sp³-hybridized carbons (Fsp3) is 0.231. The van der Waals surface area contributed by atoms with Gasteiger partial charge in [-0.3, -0.25) is 4.98 Å². The number of hydrogen-bond donors (Lipinski definition) is 1. The van der Waals surface area contributed by atoms with Gasteiger partial charge in [0.25, 0.3) is 0 Å². The van der Waals surface area contributed by atoms with Gasteiger partial charge in [-0.25, -0.2) is 9.37 Å². The molecule has 18 heavy (non-hydrogen) atoms. The number of nitrogens with zero attached hydrogens (tertiary/aromatic N) is 3. The minimum absolute atomic E-state index is 0.245. The lowest BCUT2D eigenvalue weighted by Gasteiger charge is -2.22. The SMILES string of the molecule is CCN(c1ccc(F)cc1)c1cncc(NC)n1. The number of aromatic nitrogens is 2. The van der Waals surface area contributed by atoms with Crippen molar-refractivity contribution >= 4 is 17.3 Å². The Morgan fingerprint density at radius 1 is 1.22 bits per heavy atom. The van der Waals surface area contributed by atoms with Crippen molar-refractivity contribution in [2.75, 3.05) is 23.8 Å². The van der Waals surface area contributed by atoms with Crippen molar-refractivity contribution in [1.29, 1.82) is 0 Å². The maximum atomic E-state index is 12.9. The van der Waals surface area contributed by atoms with E-state index in [0.717, 1.165) is 18.1 Å². The van der Waals surface area contributed by atoms with Crippen LogP contribution in [0.15, 0.2) is 36.7 Å². The van der Waals surface area contributed by atoms with Crippen molar-refractivity contribution in [3.05, 3.63) is 42.5 Å². The molecule has 0 aliphatic rings.